The Morgan fingerprint density at radius 3 is 1.60 bits per heavy atom. The third kappa shape index (κ3) is 7.97. The van der Waals surface area contributed by atoms with Gasteiger partial charge < -0.3 is 23.7 Å². The average Bonchev–Trinajstić information content (AvgIpc) is 3.00. The van der Waals surface area contributed by atoms with Crippen LogP contribution in [0.5, 0.6) is 0 Å². The molecule has 1 aliphatic carbocycles. The van der Waals surface area contributed by atoms with Crippen LogP contribution in [0.2, 0.25) is 18.1 Å². The van der Waals surface area contributed by atoms with Gasteiger partial charge in [0.05, 0.1) is 6.10 Å². The van der Waals surface area contributed by atoms with Crippen molar-refractivity contribution in [3.63, 3.8) is 0 Å². The molecule has 0 spiro atoms. The van der Waals surface area contributed by atoms with Crippen LogP contribution in [0.1, 0.15) is 95.9 Å². The van der Waals surface area contributed by atoms with E-state index in [1.54, 1.807) is 16.7 Å². The van der Waals surface area contributed by atoms with E-state index in [1.165, 1.54) is 0 Å². The maximum Gasteiger partial charge on any atom is 0.415 e. The van der Waals surface area contributed by atoms with Crippen LogP contribution in [0.4, 0.5) is 9.59 Å². The second kappa shape index (κ2) is 12.1. The summed E-state index contributed by atoms with van der Waals surface area (Å²) in [5.41, 5.74) is 0.774. The number of amides is 2. The Morgan fingerprint density at radius 1 is 0.800 bits per heavy atom. The van der Waals surface area contributed by atoms with Crippen LogP contribution in [0, 0.1) is 0 Å². The van der Waals surface area contributed by atoms with Crippen molar-refractivity contribution in [2.24, 2.45) is 0 Å². The van der Waals surface area contributed by atoms with Gasteiger partial charge in [-0.2, -0.15) is 0 Å². The van der Waals surface area contributed by atoms with Crippen LogP contribution in [-0.4, -0.2) is 66.7 Å². The Hall–Kier alpha value is -1.54. The van der Waals surface area contributed by atoms with E-state index in [2.05, 4.69) is 33.9 Å². The van der Waals surface area contributed by atoms with Crippen molar-refractivity contribution in [3.8, 4) is 0 Å². The number of ether oxygens (including phenoxy) is 2. The first-order valence-corrected chi connectivity index (χ1v) is 16.1. The molecule has 0 unspecified atom stereocenters. The molecule has 2 amide bonds. The van der Waals surface area contributed by atoms with E-state index in [1.807, 2.05) is 55.4 Å². The minimum Gasteiger partial charge on any atom is -0.441 e. The molecular formula is C27H52N2O5Si. The fourth-order valence-electron chi connectivity index (χ4n) is 4.51. The SMILES string of the molecule is C/C(OC(=O)N(C(C)C)C(C)C)=C1\[C@H](OC(=O)N(C(C)C)C(C)C)CC[C@H]1O[Si](C)(C)C(C)(C)C. The first kappa shape index (κ1) is 31.5. The number of carbonyl (C=O) groups is 2. The largest absolute Gasteiger partial charge is 0.441 e. The minimum absolute atomic E-state index is 0.00224. The van der Waals surface area contributed by atoms with Gasteiger partial charge in [0.2, 0.25) is 0 Å². The lowest BCUT2D eigenvalue weighted by atomic mass is 10.1. The van der Waals surface area contributed by atoms with E-state index in [0.29, 0.717) is 12.2 Å². The summed E-state index contributed by atoms with van der Waals surface area (Å²) in [7, 11) is -2.12. The second-order valence-electron chi connectivity index (χ2n) is 12.4. The third-order valence-corrected chi connectivity index (χ3v) is 11.7. The van der Waals surface area contributed by atoms with Gasteiger partial charge in [-0.05, 0) is 93.3 Å². The molecule has 0 heterocycles. The summed E-state index contributed by atoms with van der Waals surface area (Å²) in [5, 5.41) is 0.0234. The van der Waals surface area contributed by atoms with Crippen LogP contribution < -0.4 is 0 Å². The molecular weight excluding hydrogens is 460 g/mol. The molecule has 0 aromatic rings. The molecule has 1 aliphatic rings. The molecule has 0 bridgehead atoms. The van der Waals surface area contributed by atoms with E-state index < -0.39 is 20.5 Å². The first-order valence-electron chi connectivity index (χ1n) is 13.2. The molecule has 0 radical (unpaired) electrons. The molecule has 35 heavy (non-hydrogen) atoms. The van der Waals surface area contributed by atoms with Gasteiger partial charge in [0.1, 0.15) is 11.9 Å². The fraction of sp³-hybridized carbons (Fsp3) is 0.852. The average molecular weight is 513 g/mol. The molecule has 0 aliphatic heterocycles. The number of allylic oxidation sites excluding steroid dienone is 1. The Morgan fingerprint density at radius 2 is 1.20 bits per heavy atom. The van der Waals surface area contributed by atoms with Crippen molar-refractivity contribution >= 4 is 20.5 Å². The van der Waals surface area contributed by atoms with Crippen LogP contribution in [-0.2, 0) is 13.9 Å². The van der Waals surface area contributed by atoms with Crippen molar-refractivity contribution < 1.29 is 23.5 Å². The topological polar surface area (TPSA) is 68.3 Å². The third-order valence-electron chi connectivity index (χ3n) is 7.16. The van der Waals surface area contributed by atoms with Crippen LogP contribution in [0.15, 0.2) is 11.3 Å². The fourth-order valence-corrected chi connectivity index (χ4v) is 5.82. The van der Waals surface area contributed by atoms with E-state index in [-0.39, 0.29) is 41.4 Å². The van der Waals surface area contributed by atoms with Gasteiger partial charge in [-0.1, -0.05) is 20.8 Å². The summed E-state index contributed by atoms with van der Waals surface area (Å²) in [6, 6.07) is 0.0326. The molecule has 204 valence electrons. The van der Waals surface area contributed by atoms with E-state index in [4.69, 9.17) is 13.9 Å². The summed E-state index contributed by atoms with van der Waals surface area (Å²) < 4.78 is 18.7. The molecule has 0 N–H and O–H groups in total. The second-order valence-corrected chi connectivity index (χ2v) is 17.1. The highest BCUT2D eigenvalue weighted by molar-refractivity contribution is 6.74. The summed E-state index contributed by atoms with van der Waals surface area (Å²) in [6.45, 7) is 28.6. The summed E-state index contributed by atoms with van der Waals surface area (Å²) in [4.78, 5) is 29.7. The number of hydrogen-bond acceptors (Lipinski definition) is 5. The van der Waals surface area contributed by atoms with Gasteiger partial charge >= 0.3 is 12.2 Å². The van der Waals surface area contributed by atoms with Gasteiger partial charge in [0.15, 0.2) is 8.32 Å². The van der Waals surface area contributed by atoms with Crippen LogP contribution in [0.3, 0.4) is 0 Å². The zero-order valence-electron chi connectivity index (χ0n) is 24.8. The zero-order valence-corrected chi connectivity index (χ0v) is 25.8. The van der Waals surface area contributed by atoms with E-state index in [9.17, 15) is 9.59 Å². The highest BCUT2D eigenvalue weighted by atomic mass is 28.4. The Labute approximate surface area is 215 Å². The molecule has 0 saturated heterocycles. The van der Waals surface area contributed by atoms with Crippen molar-refractivity contribution in [3.05, 3.63) is 11.3 Å². The number of nitrogens with zero attached hydrogens (tertiary/aromatic N) is 2. The predicted octanol–water partition coefficient (Wildman–Crippen LogP) is 7.32. The quantitative estimate of drug-likeness (QED) is 0.252. The van der Waals surface area contributed by atoms with Gasteiger partial charge in [-0.25, -0.2) is 9.59 Å². The maximum absolute atomic E-state index is 13.1. The Bertz CT molecular complexity index is 752. The molecule has 1 saturated carbocycles. The van der Waals surface area contributed by atoms with Crippen molar-refractivity contribution in [2.75, 3.05) is 0 Å². The number of rotatable bonds is 8. The van der Waals surface area contributed by atoms with Crippen molar-refractivity contribution in [1.29, 1.82) is 0 Å². The minimum atomic E-state index is -2.12. The molecule has 8 heteroatoms. The summed E-state index contributed by atoms with van der Waals surface area (Å²) >= 11 is 0. The molecule has 0 aromatic carbocycles. The normalized spacial score (nSPS) is 20.6. The van der Waals surface area contributed by atoms with Gasteiger partial charge in [-0.15, -0.1) is 0 Å². The highest BCUT2D eigenvalue weighted by Crippen LogP contribution is 2.42. The van der Waals surface area contributed by atoms with E-state index in [0.717, 1.165) is 12.0 Å². The van der Waals surface area contributed by atoms with Crippen molar-refractivity contribution in [2.45, 2.75) is 150 Å². The monoisotopic (exact) mass is 512 g/mol. The first-order chi connectivity index (χ1) is 15.8. The standard InChI is InChI=1S/C27H52N2O5Si/c1-17(2)28(18(3)4)25(30)32-21(9)24-22(33-26(31)29(19(5)6)20(7)8)15-16-23(24)34-35(13,14)27(10,11)12/h17-20,22-23H,15-16H2,1-14H3/b24-21-/t22-,23-/m1/s1. The van der Waals surface area contributed by atoms with E-state index >= 15 is 0 Å². The maximum atomic E-state index is 13.1. The summed E-state index contributed by atoms with van der Waals surface area (Å²) in [6.07, 6.45) is -0.131. The highest BCUT2D eigenvalue weighted by Gasteiger charge is 2.45. The predicted molar refractivity (Wildman–Crippen MR) is 145 cm³/mol. The van der Waals surface area contributed by atoms with Crippen molar-refractivity contribution in [1.82, 2.24) is 9.80 Å². The van der Waals surface area contributed by atoms with Crippen LogP contribution >= 0.6 is 0 Å². The number of carbonyl (C=O) groups excluding carboxylic acids is 2. The molecule has 1 fully saturated rings. The lowest BCUT2D eigenvalue weighted by Gasteiger charge is -2.39. The van der Waals surface area contributed by atoms with Crippen LogP contribution in [0.25, 0.3) is 0 Å². The lowest BCUT2D eigenvalue weighted by molar-refractivity contribution is 0.0555. The smallest absolute Gasteiger partial charge is 0.415 e. The Balaban J connectivity index is 3.38. The van der Waals surface area contributed by atoms with Gasteiger partial charge in [0, 0.05) is 29.7 Å². The Kier molecular flexibility index (Phi) is 10.9. The number of hydrogen-bond donors (Lipinski definition) is 0. The lowest BCUT2D eigenvalue weighted by Crippen LogP contribution is -2.45. The molecule has 0 aromatic heterocycles. The molecule has 2 atom stereocenters. The molecule has 7 nitrogen and oxygen atoms in total. The zero-order chi connectivity index (χ0) is 27.5. The van der Waals surface area contributed by atoms with Gasteiger partial charge in [0.25, 0.3) is 0 Å². The molecule has 1 rings (SSSR count). The summed E-state index contributed by atoms with van der Waals surface area (Å²) in [5.74, 6) is 0.473. The van der Waals surface area contributed by atoms with Gasteiger partial charge in [-0.3, -0.25) is 0 Å².